The van der Waals surface area contributed by atoms with Crippen LogP contribution in [-0.4, -0.2) is 32.1 Å². The second kappa shape index (κ2) is 8.47. The Morgan fingerprint density at radius 1 is 1.15 bits per heavy atom. The van der Waals surface area contributed by atoms with Gasteiger partial charge in [-0.1, -0.05) is 32.0 Å². The van der Waals surface area contributed by atoms with Gasteiger partial charge in [-0.3, -0.25) is 9.10 Å². The lowest BCUT2D eigenvalue weighted by Gasteiger charge is -2.20. The van der Waals surface area contributed by atoms with Gasteiger partial charge in [-0.2, -0.15) is 0 Å². The molecule has 0 bridgehead atoms. The number of halogens is 1. The molecule has 1 aromatic heterocycles. The fraction of sp³-hybridized carbons (Fsp3) is 0.250. The Bertz CT molecular complexity index is 1310. The number of pyridine rings is 1. The van der Waals surface area contributed by atoms with Gasteiger partial charge in [0.05, 0.1) is 17.5 Å². The van der Waals surface area contributed by atoms with Crippen LogP contribution in [-0.2, 0) is 22.0 Å². The van der Waals surface area contributed by atoms with E-state index in [2.05, 4.69) is 15.6 Å². The molecule has 0 saturated heterocycles. The van der Waals surface area contributed by atoms with E-state index in [0.29, 0.717) is 35.8 Å². The highest BCUT2D eigenvalue weighted by Gasteiger charge is 2.39. The number of nitrogens with one attached hydrogen (secondary N) is 2. The van der Waals surface area contributed by atoms with Gasteiger partial charge in [0.15, 0.2) is 0 Å². The van der Waals surface area contributed by atoms with Crippen molar-refractivity contribution < 1.29 is 17.6 Å². The second-order valence-corrected chi connectivity index (χ2v) is 10.6. The van der Waals surface area contributed by atoms with Crippen LogP contribution in [0.3, 0.4) is 0 Å². The molecule has 172 valence electrons. The van der Waals surface area contributed by atoms with Gasteiger partial charge in [-0.15, -0.1) is 0 Å². The SMILES string of the molecule is CC1(C)CN(S(C)(=O)=O)c2cc(NC(=O)c3cccnc3NCc3ccc(F)cc3)ccc21. The molecule has 7 nitrogen and oxygen atoms in total. The van der Waals surface area contributed by atoms with E-state index in [0.717, 1.165) is 11.1 Å². The molecule has 2 aromatic carbocycles. The Morgan fingerprint density at radius 2 is 1.88 bits per heavy atom. The smallest absolute Gasteiger partial charge is 0.259 e. The summed E-state index contributed by atoms with van der Waals surface area (Å²) < 4.78 is 39.1. The minimum Gasteiger partial charge on any atom is -0.365 e. The summed E-state index contributed by atoms with van der Waals surface area (Å²) >= 11 is 0. The molecule has 2 heterocycles. The molecule has 2 N–H and O–H groups in total. The van der Waals surface area contributed by atoms with Crippen molar-refractivity contribution in [2.75, 3.05) is 27.7 Å². The molecule has 4 rings (SSSR count). The van der Waals surface area contributed by atoms with Crippen molar-refractivity contribution in [1.82, 2.24) is 4.98 Å². The van der Waals surface area contributed by atoms with E-state index in [4.69, 9.17) is 0 Å². The quantitative estimate of drug-likeness (QED) is 0.567. The number of anilines is 3. The van der Waals surface area contributed by atoms with E-state index in [1.165, 1.54) is 22.7 Å². The molecule has 9 heteroatoms. The molecule has 33 heavy (non-hydrogen) atoms. The zero-order valence-electron chi connectivity index (χ0n) is 18.6. The average molecular weight is 469 g/mol. The summed E-state index contributed by atoms with van der Waals surface area (Å²) in [5, 5.41) is 5.96. The summed E-state index contributed by atoms with van der Waals surface area (Å²) in [6.45, 7) is 4.70. The lowest BCUT2D eigenvalue weighted by atomic mass is 9.87. The number of fused-ring (bicyclic) bond motifs is 1. The summed E-state index contributed by atoms with van der Waals surface area (Å²) in [5.74, 6) is -0.309. The number of carbonyl (C=O) groups excluding carboxylic acids is 1. The van der Waals surface area contributed by atoms with Gasteiger partial charge in [0, 0.05) is 30.4 Å². The van der Waals surface area contributed by atoms with Crippen LogP contribution in [0.1, 0.15) is 35.3 Å². The van der Waals surface area contributed by atoms with Crippen LogP contribution < -0.4 is 14.9 Å². The lowest BCUT2D eigenvalue weighted by Crippen LogP contribution is -2.33. The van der Waals surface area contributed by atoms with E-state index < -0.39 is 10.0 Å². The Hall–Kier alpha value is -3.46. The number of aromatic nitrogens is 1. The number of hydrogen-bond donors (Lipinski definition) is 2. The molecule has 0 unspecified atom stereocenters. The molecule has 0 saturated carbocycles. The van der Waals surface area contributed by atoms with E-state index in [9.17, 15) is 17.6 Å². The van der Waals surface area contributed by atoms with Gasteiger partial charge in [0.25, 0.3) is 5.91 Å². The average Bonchev–Trinajstić information content (AvgIpc) is 3.04. The maximum absolute atomic E-state index is 13.1. The highest BCUT2D eigenvalue weighted by atomic mass is 32.2. The fourth-order valence-electron chi connectivity index (χ4n) is 3.93. The van der Waals surface area contributed by atoms with Crippen molar-refractivity contribution in [2.24, 2.45) is 0 Å². The van der Waals surface area contributed by atoms with Crippen molar-refractivity contribution >= 4 is 33.1 Å². The lowest BCUT2D eigenvalue weighted by molar-refractivity contribution is 0.102. The number of benzene rings is 2. The van der Waals surface area contributed by atoms with Crippen molar-refractivity contribution in [1.29, 1.82) is 0 Å². The van der Waals surface area contributed by atoms with Crippen molar-refractivity contribution in [2.45, 2.75) is 25.8 Å². The first-order chi connectivity index (χ1) is 15.5. The van der Waals surface area contributed by atoms with Crippen LogP contribution in [0.25, 0.3) is 0 Å². The molecular weight excluding hydrogens is 443 g/mol. The predicted octanol–water partition coefficient (Wildman–Crippen LogP) is 4.14. The van der Waals surface area contributed by atoms with E-state index in [-0.39, 0.29) is 17.1 Å². The van der Waals surface area contributed by atoms with Gasteiger partial charge in [0.1, 0.15) is 11.6 Å². The minimum absolute atomic E-state index is 0.316. The number of nitrogens with zero attached hydrogens (tertiary/aromatic N) is 2. The molecule has 0 aliphatic carbocycles. The molecule has 0 fully saturated rings. The summed E-state index contributed by atoms with van der Waals surface area (Å²) in [6.07, 6.45) is 2.75. The number of rotatable bonds is 6. The van der Waals surface area contributed by atoms with E-state index in [1.54, 1.807) is 42.6 Å². The molecule has 1 aliphatic rings. The van der Waals surface area contributed by atoms with Crippen LogP contribution in [0.15, 0.2) is 60.8 Å². The standard InChI is InChI=1S/C24H25FN4O3S/c1-24(2)15-29(33(3,31)32)21-13-18(10-11-20(21)24)28-23(30)19-5-4-12-26-22(19)27-14-16-6-8-17(25)9-7-16/h4-13H,14-15H2,1-3H3,(H,26,27)(H,28,30). The molecule has 1 amide bonds. The minimum atomic E-state index is -3.45. The largest absolute Gasteiger partial charge is 0.365 e. The van der Waals surface area contributed by atoms with Crippen LogP contribution in [0.5, 0.6) is 0 Å². The Morgan fingerprint density at radius 3 is 2.58 bits per heavy atom. The zero-order chi connectivity index (χ0) is 23.8. The van der Waals surface area contributed by atoms with Crippen molar-refractivity contribution in [3.05, 3.63) is 83.3 Å². The third-order valence-electron chi connectivity index (χ3n) is 5.62. The van der Waals surface area contributed by atoms with Gasteiger partial charge >= 0.3 is 0 Å². The normalized spacial score (nSPS) is 14.6. The van der Waals surface area contributed by atoms with Crippen LogP contribution in [0, 0.1) is 5.82 Å². The molecule has 0 radical (unpaired) electrons. The van der Waals surface area contributed by atoms with E-state index >= 15 is 0 Å². The monoisotopic (exact) mass is 468 g/mol. The van der Waals surface area contributed by atoms with Gasteiger partial charge in [-0.25, -0.2) is 17.8 Å². The first-order valence-corrected chi connectivity index (χ1v) is 12.3. The number of carbonyl (C=O) groups is 1. The summed E-state index contributed by atoms with van der Waals surface area (Å²) in [5.41, 5.74) is 2.81. The second-order valence-electron chi connectivity index (χ2n) is 8.72. The highest BCUT2D eigenvalue weighted by Crippen LogP contribution is 2.43. The molecular formula is C24H25FN4O3S. The number of sulfonamides is 1. The first kappa shape index (κ1) is 22.7. The Labute approximate surface area is 192 Å². The van der Waals surface area contributed by atoms with Crippen LogP contribution in [0.2, 0.25) is 0 Å². The van der Waals surface area contributed by atoms with Crippen molar-refractivity contribution in [3.63, 3.8) is 0 Å². The van der Waals surface area contributed by atoms with Gasteiger partial charge in [0.2, 0.25) is 10.0 Å². The molecule has 3 aromatic rings. The van der Waals surface area contributed by atoms with Crippen LogP contribution in [0.4, 0.5) is 21.6 Å². The maximum atomic E-state index is 13.1. The Balaban J connectivity index is 1.55. The first-order valence-electron chi connectivity index (χ1n) is 10.4. The third-order valence-corrected chi connectivity index (χ3v) is 6.74. The zero-order valence-corrected chi connectivity index (χ0v) is 19.4. The van der Waals surface area contributed by atoms with E-state index in [1.807, 2.05) is 19.9 Å². The van der Waals surface area contributed by atoms with Crippen molar-refractivity contribution in [3.8, 4) is 0 Å². The number of amides is 1. The van der Waals surface area contributed by atoms with Gasteiger partial charge < -0.3 is 10.6 Å². The van der Waals surface area contributed by atoms with Gasteiger partial charge in [-0.05, 0) is 47.5 Å². The number of hydrogen-bond acceptors (Lipinski definition) is 5. The predicted molar refractivity (Wildman–Crippen MR) is 128 cm³/mol. The van der Waals surface area contributed by atoms with Crippen LogP contribution >= 0.6 is 0 Å². The maximum Gasteiger partial charge on any atom is 0.259 e. The molecule has 1 aliphatic heterocycles. The summed E-state index contributed by atoms with van der Waals surface area (Å²) in [6, 6.07) is 14.7. The molecule has 0 spiro atoms. The summed E-state index contributed by atoms with van der Waals surface area (Å²) in [7, 11) is -3.45. The third kappa shape index (κ3) is 4.83. The summed E-state index contributed by atoms with van der Waals surface area (Å²) in [4.78, 5) is 17.3. The highest BCUT2D eigenvalue weighted by molar-refractivity contribution is 7.92. The Kier molecular flexibility index (Phi) is 5.84. The molecule has 0 atom stereocenters. The topological polar surface area (TPSA) is 91.4 Å². The fourth-order valence-corrected chi connectivity index (χ4v) is 4.99.